The summed E-state index contributed by atoms with van der Waals surface area (Å²) in [7, 11) is 0. The molecule has 0 aliphatic carbocycles. The third-order valence-electron chi connectivity index (χ3n) is 4.33. The largest absolute Gasteiger partial charge is 0.350 e. The van der Waals surface area contributed by atoms with E-state index in [0.29, 0.717) is 6.42 Å². The highest BCUT2D eigenvalue weighted by Crippen LogP contribution is 2.30. The molecule has 1 aromatic rings. The first-order chi connectivity index (χ1) is 10.2. The summed E-state index contributed by atoms with van der Waals surface area (Å²) in [4.78, 5) is 14.3. The molecule has 2 fully saturated rings. The molecule has 0 bridgehead atoms. The standard InChI is InChI=1S/C17H23NO3/c1-14-4-2-5-15(12-14)13-16(19)18-8-6-17(7-9-18)20-10-3-11-21-17/h2,4-5,12H,3,6-11,13H2,1H3. The van der Waals surface area contributed by atoms with E-state index in [0.717, 1.165) is 51.1 Å². The molecule has 0 unspecified atom stereocenters. The number of amides is 1. The van der Waals surface area contributed by atoms with Crippen LogP contribution >= 0.6 is 0 Å². The van der Waals surface area contributed by atoms with Gasteiger partial charge in [0.05, 0.1) is 19.6 Å². The summed E-state index contributed by atoms with van der Waals surface area (Å²) in [5, 5.41) is 0. The van der Waals surface area contributed by atoms with Crippen LogP contribution in [0.5, 0.6) is 0 Å². The average molecular weight is 289 g/mol. The van der Waals surface area contributed by atoms with Gasteiger partial charge in [-0.1, -0.05) is 29.8 Å². The highest BCUT2D eigenvalue weighted by atomic mass is 16.7. The lowest BCUT2D eigenvalue weighted by Gasteiger charge is -2.43. The first kappa shape index (κ1) is 14.5. The molecule has 1 aromatic carbocycles. The van der Waals surface area contributed by atoms with Crippen LogP contribution in [-0.2, 0) is 20.7 Å². The molecule has 0 N–H and O–H groups in total. The van der Waals surface area contributed by atoms with Crippen LogP contribution in [0.2, 0.25) is 0 Å². The predicted octanol–water partition coefficient (Wildman–Crippen LogP) is 2.29. The topological polar surface area (TPSA) is 38.8 Å². The molecule has 0 saturated carbocycles. The zero-order chi connectivity index (χ0) is 14.7. The van der Waals surface area contributed by atoms with E-state index in [1.54, 1.807) is 0 Å². The number of nitrogens with zero attached hydrogens (tertiary/aromatic N) is 1. The Kier molecular flexibility index (Phi) is 4.27. The van der Waals surface area contributed by atoms with Crippen molar-refractivity contribution in [2.45, 2.75) is 38.4 Å². The third kappa shape index (κ3) is 3.44. The maximum absolute atomic E-state index is 12.4. The molecule has 21 heavy (non-hydrogen) atoms. The van der Waals surface area contributed by atoms with Gasteiger partial charge >= 0.3 is 0 Å². The number of carbonyl (C=O) groups excluding carboxylic acids is 1. The zero-order valence-electron chi connectivity index (χ0n) is 12.6. The summed E-state index contributed by atoms with van der Waals surface area (Å²) < 4.78 is 11.6. The molecule has 4 heteroatoms. The van der Waals surface area contributed by atoms with Gasteiger partial charge in [-0.2, -0.15) is 0 Å². The van der Waals surface area contributed by atoms with Gasteiger partial charge in [0, 0.05) is 25.9 Å². The van der Waals surface area contributed by atoms with E-state index in [-0.39, 0.29) is 5.91 Å². The van der Waals surface area contributed by atoms with Crippen LogP contribution < -0.4 is 0 Å². The van der Waals surface area contributed by atoms with Gasteiger partial charge in [-0.3, -0.25) is 4.79 Å². The van der Waals surface area contributed by atoms with E-state index in [2.05, 4.69) is 19.1 Å². The fourth-order valence-electron chi connectivity index (χ4n) is 3.11. The van der Waals surface area contributed by atoms with Crippen molar-refractivity contribution in [3.63, 3.8) is 0 Å². The van der Waals surface area contributed by atoms with Gasteiger partial charge in [-0.05, 0) is 18.9 Å². The van der Waals surface area contributed by atoms with Crippen LogP contribution in [-0.4, -0.2) is 42.9 Å². The molecule has 2 saturated heterocycles. The molecular formula is C17H23NO3. The molecule has 2 heterocycles. The van der Waals surface area contributed by atoms with Crippen molar-refractivity contribution in [1.82, 2.24) is 4.90 Å². The van der Waals surface area contributed by atoms with Gasteiger partial charge in [0.15, 0.2) is 5.79 Å². The first-order valence-corrected chi connectivity index (χ1v) is 7.78. The van der Waals surface area contributed by atoms with E-state index in [9.17, 15) is 4.79 Å². The van der Waals surface area contributed by atoms with Crippen molar-refractivity contribution in [3.05, 3.63) is 35.4 Å². The molecule has 2 aliphatic heterocycles. The van der Waals surface area contributed by atoms with Gasteiger partial charge in [0.1, 0.15) is 0 Å². The zero-order valence-corrected chi connectivity index (χ0v) is 12.6. The van der Waals surface area contributed by atoms with Crippen LogP contribution in [0, 0.1) is 6.92 Å². The monoisotopic (exact) mass is 289 g/mol. The molecule has 0 radical (unpaired) electrons. The van der Waals surface area contributed by atoms with Gasteiger partial charge in [-0.15, -0.1) is 0 Å². The molecule has 2 aliphatic rings. The second kappa shape index (κ2) is 6.16. The fraction of sp³-hybridized carbons (Fsp3) is 0.588. The van der Waals surface area contributed by atoms with Crippen LogP contribution in [0.1, 0.15) is 30.4 Å². The van der Waals surface area contributed by atoms with E-state index >= 15 is 0 Å². The SMILES string of the molecule is Cc1cccc(CC(=O)N2CCC3(CC2)OCCCO3)c1. The van der Waals surface area contributed by atoms with Gasteiger partial charge in [-0.25, -0.2) is 0 Å². The maximum Gasteiger partial charge on any atom is 0.226 e. The Morgan fingerprint density at radius 2 is 1.95 bits per heavy atom. The van der Waals surface area contributed by atoms with Crippen LogP contribution in [0.3, 0.4) is 0 Å². The van der Waals surface area contributed by atoms with Gasteiger partial charge in [0.25, 0.3) is 0 Å². The van der Waals surface area contributed by atoms with Crippen molar-refractivity contribution in [2.75, 3.05) is 26.3 Å². The second-order valence-electron chi connectivity index (χ2n) is 6.01. The molecule has 4 nitrogen and oxygen atoms in total. The van der Waals surface area contributed by atoms with Gasteiger partial charge < -0.3 is 14.4 Å². The third-order valence-corrected chi connectivity index (χ3v) is 4.33. The summed E-state index contributed by atoms with van der Waals surface area (Å²) in [6.45, 7) is 5.06. The predicted molar refractivity (Wildman–Crippen MR) is 79.9 cm³/mol. The molecule has 3 rings (SSSR count). The van der Waals surface area contributed by atoms with E-state index < -0.39 is 5.79 Å². The minimum Gasteiger partial charge on any atom is -0.350 e. The Bertz CT molecular complexity index is 499. The van der Waals surface area contributed by atoms with Crippen molar-refractivity contribution >= 4 is 5.91 Å². The van der Waals surface area contributed by atoms with Crippen LogP contribution in [0.15, 0.2) is 24.3 Å². The minimum absolute atomic E-state index is 0.200. The normalized spacial score (nSPS) is 21.5. The van der Waals surface area contributed by atoms with E-state index in [4.69, 9.17) is 9.47 Å². The number of benzene rings is 1. The van der Waals surface area contributed by atoms with Crippen molar-refractivity contribution < 1.29 is 14.3 Å². The van der Waals surface area contributed by atoms with Gasteiger partial charge in [0.2, 0.25) is 5.91 Å². The van der Waals surface area contributed by atoms with E-state index in [1.807, 2.05) is 17.0 Å². The number of piperidine rings is 1. The Morgan fingerprint density at radius 3 is 2.62 bits per heavy atom. The molecule has 0 atom stereocenters. The van der Waals surface area contributed by atoms with Crippen LogP contribution in [0.4, 0.5) is 0 Å². The number of aryl methyl sites for hydroxylation is 1. The highest BCUT2D eigenvalue weighted by molar-refractivity contribution is 5.78. The van der Waals surface area contributed by atoms with Crippen LogP contribution in [0.25, 0.3) is 0 Å². The fourth-order valence-corrected chi connectivity index (χ4v) is 3.11. The number of ether oxygens (including phenoxy) is 2. The molecule has 0 aromatic heterocycles. The number of hydrogen-bond donors (Lipinski definition) is 0. The van der Waals surface area contributed by atoms with Crippen molar-refractivity contribution in [1.29, 1.82) is 0 Å². The summed E-state index contributed by atoms with van der Waals surface area (Å²) in [5.41, 5.74) is 2.28. The molecule has 114 valence electrons. The lowest BCUT2D eigenvalue weighted by atomic mass is 10.0. The number of carbonyl (C=O) groups is 1. The summed E-state index contributed by atoms with van der Waals surface area (Å²) >= 11 is 0. The lowest BCUT2D eigenvalue weighted by molar-refractivity contribution is -0.282. The average Bonchev–Trinajstić information content (AvgIpc) is 2.49. The summed E-state index contributed by atoms with van der Waals surface area (Å²) in [5.74, 6) is -0.218. The second-order valence-corrected chi connectivity index (χ2v) is 6.01. The first-order valence-electron chi connectivity index (χ1n) is 7.78. The minimum atomic E-state index is -0.418. The van der Waals surface area contributed by atoms with E-state index in [1.165, 1.54) is 5.56 Å². The van der Waals surface area contributed by atoms with Crippen molar-refractivity contribution in [2.24, 2.45) is 0 Å². The number of hydrogen-bond acceptors (Lipinski definition) is 3. The number of rotatable bonds is 2. The molecule has 1 amide bonds. The summed E-state index contributed by atoms with van der Waals surface area (Å²) in [6.07, 6.45) is 3.02. The van der Waals surface area contributed by atoms with Crippen molar-refractivity contribution in [3.8, 4) is 0 Å². The Hall–Kier alpha value is -1.39. The number of likely N-dealkylation sites (tertiary alicyclic amines) is 1. The molecular weight excluding hydrogens is 266 g/mol. The summed E-state index contributed by atoms with van der Waals surface area (Å²) in [6, 6.07) is 8.16. The lowest BCUT2D eigenvalue weighted by Crippen LogP contribution is -2.51. The Morgan fingerprint density at radius 1 is 1.24 bits per heavy atom. The smallest absolute Gasteiger partial charge is 0.226 e. The Labute approximate surface area is 126 Å². The Balaban J connectivity index is 1.55. The quantitative estimate of drug-likeness (QED) is 0.838. The molecule has 1 spiro atoms. The maximum atomic E-state index is 12.4. The highest BCUT2D eigenvalue weighted by Gasteiger charge is 2.39.